The average molecular weight is 353 g/mol. The molecule has 11 heteroatoms. The van der Waals surface area contributed by atoms with E-state index in [1.54, 1.807) is 0 Å². The van der Waals surface area contributed by atoms with Gasteiger partial charge in [0.25, 0.3) is 0 Å². The lowest BCUT2D eigenvalue weighted by atomic mass is 9.93. The Hall–Kier alpha value is -0.770. The Bertz CT molecular complexity index is 350. The smallest absolute Gasteiger partial charge is 0.241 e. The van der Waals surface area contributed by atoms with Gasteiger partial charge in [0.1, 0.15) is 0 Å². The Morgan fingerprint density at radius 3 is 1.64 bits per heavy atom. The van der Waals surface area contributed by atoms with Crippen molar-refractivity contribution in [3.8, 4) is 0 Å². The molecule has 1 unspecified atom stereocenters. The van der Waals surface area contributed by atoms with Crippen LogP contribution in [0.3, 0.4) is 0 Å². The van der Waals surface area contributed by atoms with Gasteiger partial charge in [0.2, 0.25) is 0 Å². The lowest BCUT2D eigenvalue weighted by Gasteiger charge is -2.37. The van der Waals surface area contributed by atoms with E-state index in [4.69, 9.17) is 0 Å². The summed E-state index contributed by atoms with van der Waals surface area (Å²) in [6.45, 7) is 1.54. The lowest BCUT2D eigenvalue weighted by Crippen LogP contribution is -2.65. The van der Waals surface area contributed by atoms with E-state index >= 15 is 0 Å². The summed E-state index contributed by atoms with van der Waals surface area (Å²) in [5, 5.41) is 0. The Labute approximate surface area is 118 Å². The summed E-state index contributed by atoms with van der Waals surface area (Å²) < 4.78 is 139. The monoisotopic (exact) mass is 353 g/mol. The molecule has 0 aromatic heterocycles. The van der Waals surface area contributed by atoms with Crippen LogP contribution in [0.1, 0.15) is 32.6 Å². The van der Waals surface area contributed by atoms with Crippen molar-refractivity contribution in [2.45, 2.75) is 62.5 Å². The first-order chi connectivity index (χ1) is 9.67. The Morgan fingerprint density at radius 2 is 1.27 bits per heavy atom. The van der Waals surface area contributed by atoms with E-state index in [2.05, 4.69) is 0 Å². The third-order valence-electron chi connectivity index (χ3n) is 2.90. The van der Waals surface area contributed by atoms with Gasteiger partial charge in [0, 0.05) is 0 Å². The SMILES string of the molecule is CCCCCC(F)C(F)(F)C(F)(F)C(F)(F)C(F)(F)[C](F)F. The molecule has 0 aliphatic heterocycles. The summed E-state index contributed by atoms with van der Waals surface area (Å²) in [4.78, 5) is 0. The molecule has 0 N–H and O–H groups in total. The van der Waals surface area contributed by atoms with Gasteiger partial charge in [-0.3, -0.25) is 0 Å². The van der Waals surface area contributed by atoms with Crippen molar-refractivity contribution >= 4 is 0 Å². The topological polar surface area (TPSA) is 0 Å². The first-order valence-corrected chi connectivity index (χ1v) is 6.01. The van der Waals surface area contributed by atoms with Crippen LogP contribution in [0.25, 0.3) is 0 Å². The van der Waals surface area contributed by atoms with E-state index in [0.29, 0.717) is 6.42 Å². The van der Waals surface area contributed by atoms with Crippen LogP contribution in [0, 0.1) is 6.43 Å². The molecule has 0 spiro atoms. The zero-order chi connectivity index (χ0) is 18.0. The molecule has 22 heavy (non-hydrogen) atoms. The van der Waals surface area contributed by atoms with Gasteiger partial charge in [-0.25, -0.2) is 4.39 Å². The predicted octanol–water partition coefficient (Wildman–Crippen LogP) is 5.87. The van der Waals surface area contributed by atoms with Gasteiger partial charge in [0.15, 0.2) is 6.17 Å². The van der Waals surface area contributed by atoms with Gasteiger partial charge < -0.3 is 0 Å². The molecule has 0 nitrogen and oxygen atoms in total. The fourth-order valence-corrected chi connectivity index (χ4v) is 1.48. The fourth-order valence-electron chi connectivity index (χ4n) is 1.48. The van der Waals surface area contributed by atoms with Gasteiger partial charge in [-0.15, -0.1) is 0 Å². The normalized spacial score (nSPS) is 16.2. The van der Waals surface area contributed by atoms with Crippen LogP contribution in [-0.4, -0.2) is 29.9 Å². The summed E-state index contributed by atoms with van der Waals surface area (Å²) in [7, 11) is 0. The van der Waals surface area contributed by atoms with Gasteiger partial charge in [-0.2, -0.15) is 43.9 Å². The minimum absolute atomic E-state index is 0.0987. The maximum absolute atomic E-state index is 13.1. The number of hydrogen-bond acceptors (Lipinski definition) is 0. The summed E-state index contributed by atoms with van der Waals surface area (Å²) in [5.74, 6) is -27.3. The maximum atomic E-state index is 13.1. The van der Waals surface area contributed by atoms with Gasteiger partial charge in [0.05, 0.1) is 0 Å². The highest BCUT2D eigenvalue weighted by Gasteiger charge is 2.84. The number of hydrogen-bond donors (Lipinski definition) is 0. The quantitative estimate of drug-likeness (QED) is 0.359. The van der Waals surface area contributed by atoms with E-state index in [-0.39, 0.29) is 6.42 Å². The molecular weight excluding hydrogens is 341 g/mol. The van der Waals surface area contributed by atoms with Crippen LogP contribution >= 0.6 is 0 Å². The average Bonchev–Trinajstić information content (AvgIpc) is 2.37. The third-order valence-corrected chi connectivity index (χ3v) is 2.90. The minimum atomic E-state index is -7.17. The molecule has 0 heterocycles. The van der Waals surface area contributed by atoms with Crippen LogP contribution in [0.2, 0.25) is 0 Å². The standard InChI is InChI=1S/C11H12F11/c1-2-3-4-5-6(12)8(15,16)10(19,20)11(21,22)9(17,18)7(13)14/h6H,2-5H2,1H3. The molecule has 0 bridgehead atoms. The molecule has 0 amide bonds. The number of rotatable bonds is 9. The molecule has 0 aromatic rings. The second-order valence-corrected chi connectivity index (χ2v) is 4.57. The Balaban J connectivity index is 5.49. The van der Waals surface area contributed by atoms with Crippen molar-refractivity contribution in [2.24, 2.45) is 0 Å². The van der Waals surface area contributed by atoms with E-state index in [1.165, 1.54) is 6.92 Å². The largest absolute Gasteiger partial charge is 0.385 e. The third kappa shape index (κ3) is 3.42. The number of alkyl halides is 9. The molecule has 0 saturated heterocycles. The van der Waals surface area contributed by atoms with Crippen molar-refractivity contribution in [3.63, 3.8) is 0 Å². The Kier molecular flexibility index (Phi) is 6.54. The molecule has 0 rings (SSSR count). The molecule has 1 atom stereocenters. The second-order valence-electron chi connectivity index (χ2n) is 4.57. The summed E-state index contributed by atoms with van der Waals surface area (Å²) >= 11 is 0. The molecule has 0 aromatic carbocycles. The minimum Gasteiger partial charge on any atom is -0.241 e. The molecule has 0 fully saturated rings. The first kappa shape index (κ1) is 21.2. The predicted molar refractivity (Wildman–Crippen MR) is 54.3 cm³/mol. The molecular formula is C11H12F11. The molecule has 1 radical (unpaired) electrons. The van der Waals surface area contributed by atoms with Gasteiger partial charge in [-0.05, 0) is 6.42 Å². The highest BCUT2D eigenvalue weighted by atomic mass is 19.4. The highest BCUT2D eigenvalue weighted by molar-refractivity contribution is 5.10. The Morgan fingerprint density at radius 1 is 0.818 bits per heavy atom. The molecule has 0 aliphatic carbocycles. The van der Waals surface area contributed by atoms with E-state index in [9.17, 15) is 48.3 Å². The number of unbranched alkanes of at least 4 members (excludes halogenated alkanes) is 2. The van der Waals surface area contributed by atoms with E-state index in [0.717, 1.165) is 0 Å². The van der Waals surface area contributed by atoms with E-state index < -0.39 is 49.1 Å². The van der Waals surface area contributed by atoms with Gasteiger partial charge >= 0.3 is 30.1 Å². The van der Waals surface area contributed by atoms with Crippen LogP contribution in [0.5, 0.6) is 0 Å². The van der Waals surface area contributed by atoms with Gasteiger partial charge in [-0.1, -0.05) is 26.2 Å². The second kappa shape index (κ2) is 6.77. The molecule has 133 valence electrons. The van der Waals surface area contributed by atoms with Crippen molar-refractivity contribution in [1.29, 1.82) is 0 Å². The van der Waals surface area contributed by atoms with Crippen molar-refractivity contribution < 1.29 is 48.3 Å². The zero-order valence-electron chi connectivity index (χ0n) is 11.1. The van der Waals surface area contributed by atoms with Crippen LogP contribution in [0.4, 0.5) is 48.3 Å². The van der Waals surface area contributed by atoms with Crippen LogP contribution in [-0.2, 0) is 0 Å². The summed E-state index contributed by atoms with van der Waals surface area (Å²) in [6, 6.07) is 0. The number of halogens is 11. The first-order valence-electron chi connectivity index (χ1n) is 6.01. The maximum Gasteiger partial charge on any atom is 0.385 e. The van der Waals surface area contributed by atoms with Crippen LogP contribution < -0.4 is 0 Å². The van der Waals surface area contributed by atoms with E-state index in [1.807, 2.05) is 0 Å². The van der Waals surface area contributed by atoms with Crippen molar-refractivity contribution in [3.05, 3.63) is 6.43 Å². The molecule has 0 saturated carbocycles. The zero-order valence-corrected chi connectivity index (χ0v) is 11.1. The van der Waals surface area contributed by atoms with Crippen molar-refractivity contribution in [1.82, 2.24) is 0 Å². The highest BCUT2D eigenvalue weighted by Crippen LogP contribution is 2.57. The summed E-state index contributed by atoms with van der Waals surface area (Å²) in [5.41, 5.74) is 0. The molecule has 0 aliphatic rings. The summed E-state index contributed by atoms with van der Waals surface area (Å²) in [6.07, 6.45) is -9.62. The lowest BCUT2D eigenvalue weighted by molar-refractivity contribution is -0.379. The van der Waals surface area contributed by atoms with Crippen molar-refractivity contribution in [2.75, 3.05) is 0 Å². The van der Waals surface area contributed by atoms with Crippen LogP contribution in [0.15, 0.2) is 0 Å². The fraction of sp³-hybridized carbons (Fsp3) is 0.909.